The zero-order chi connectivity index (χ0) is 22.7. The van der Waals surface area contributed by atoms with Crippen LogP contribution in [0.5, 0.6) is 5.75 Å². The van der Waals surface area contributed by atoms with Gasteiger partial charge in [0.1, 0.15) is 10.8 Å². The number of nitrogens with one attached hydrogen (secondary N) is 2. The lowest BCUT2D eigenvalue weighted by Crippen LogP contribution is -2.34. The first-order chi connectivity index (χ1) is 15.4. The number of nitrogens with zero attached hydrogens (tertiary/aromatic N) is 3. The number of methoxy groups -OCH3 is 1. The molecule has 8 nitrogen and oxygen atoms in total. The lowest BCUT2D eigenvalue weighted by atomic mass is 10.2. The third-order valence-electron chi connectivity index (χ3n) is 4.95. The molecule has 0 saturated carbocycles. The number of amides is 3. The van der Waals surface area contributed by atoms with E-state index in [9.17, 15) is 18.4 Å². The standard InChI is InChI=1S/C21H19F2N5O3S/c1-31-14-7-4-12(5-8-14)25-21(30)28-10-2-3-17(28)19-26-27-20(32-19)18(29)24-13-6-9-15(22)16(23)11-13/h4-9,11,17H,2-3,10H2,1H3,(H,24,29)(H,25,30)/t17-/m1/s1. The van der Waals surface area contributed by atoms with Crippen LogP contribution in [0.25, 0.3) is 0 Å². The Morgan fingerprint density at radius 3 is 2.53 bits per heavy atom. The van der Waals surface area contributed by atoms with Crippen molar-refractivity contribution in [2.75, 3.05) is 24.3 Å². The van der Waals surface area contributed by atoms with Crippen molar-refractivity contribution in [3.63, 3.8) is 0 Å². The molecule has 3 amide bonds. The van der Waals surface area contributed by atoms with E-state index in [4.69, 9.17) is 4.74 Å². The van der Waals surface area contributed by atoms with E-state index in [1.165, 1.54) is 6.07 Å². The van der Waals surface area contributed by atoms with Gasteiger partial charge in [0.2, 0.25) is 5.01 Å². The molecule has 0 bridgehead atoms. The number of anilines is 2. The Hall–Kier alpha value is -3.60. The van der Waals surface area contributed by atoms with Crippen LogP contribution in [0.15, 0.2) is 42.5 Å². The van der Waals surface area contributed by atoms with Crippen LogP contribution in [0, 0.1) is 11.6 Å². The SMILES string of the molecule is COc1ccc(NC(=O)N2CCC[C@@H]2c2nnc(C(=O)Nc3ccc(F)c(F)c3)s2)cc1. The number of carbonyl (C=O) groups is 2. The second-order valence-corrected chi connectivity index (χ2v) is 8.05. The van der Waals surface area contributed by atoms with Crippen molar-refractivity contribution in [1.29, 1.82) is 0 Å². The van der Waals surface area contributed by atoms with Crippen molar-refractivity contribution in [2.24, 2.45) is 0 Å². The highest BCUT2D eigenvalue weighted by Crippen LogP contribution is 2.34. The van der Waals surface area contributed by atoms with Crippen LogP contribution in [-0.2, 0) is 0 Å². The van der Waals surface area contributed by atoms with Crippen LogP contribution in [0.2, 0.25) is 0 Å². The minimum atomic E-state index is -1.06. The number of aromatic nitrogens is 2. The van der Waals surface area contributed by atoms with Gasteiger partial charge in [0.05, 0.1) is 13.2 Å². The van der Waals surface area contributed by atoms with Crippen LogP contribution in [0.1, 0.15) is 33.7 Å². The zero-order valence-electron chi connectivity index (χ0n) is 17.0. The first-order valence-electron chi connectivity index (χ1n) is 9.76. The smallest absolute Gasteiger partial charge is 0.322 e. The molecule has 0 unspecified atom stereocenters. The number of urea groups is 1. The molecule has 4 rings (SSSR count). The molecule has 11 heteroatoms. The molecule has 1 fully saturated rings. The highest BCUT2D eigenvalue weighted by atomic mass is 32.1. The van der Waals surface area contributed by atoms with Gasteiger partial charge in [-0.25, -0.2) is 13.6 Å². The van der Waals surface area contributed by atoms with Gasteiger partial charge in [-0.15, -0.1) is 10.2 Å². The lowest BCUT2D eigenvalue weighted by Gasteiger charge is -2.23. The van der Waals surface area contributed by atoms with Crippen molar-refractivity contribution in [2.45, 2.75) is 18.9 Å². The second-order valence-electron chi connectivity index (χ2n) is 7.04. The molecule has 1 aliphatic rings. The largest absolute Gasteiger partial charge is 0.497 e. The van der Waals surface area contributed by atoms with Gasteiger partial charge >= 0.3 is 6.03 Å². The molecule has 2 N–H and O–H groups in total. The molecule has 166 valence electrons. The van der Waals surface area contributed by atoms with Crippen molar-refractivity contribution < 1.29 is 23.1 Å². The Bertz CT molecular complexity index is 1140. The summed E-state index contributed by atoms with van der Waals surface area (Å²) < 4.78 is 31.5. The Morgan fingerprint density at radius 1 is 1.06 bits per heavy atom. The van der Waals surface area contributed by atoms with Gasteiger partial charge in [0, 0.05) is 24.0 Å². The number of hydrogen-bond donors (Lipinski definition) is 2. The molecule has 1 aliphatic heterocycles. The number of rotatable bonds is 5. The maximum Gasteiger partial charge on any atom is 0.322 e. The molecule has 0 aliphatic carbocycles. The first-order valence-corrected chi connectivity index (χ1v) is 10.6. The van der Waals surface area contributed by atoms with Crippen molar-refractivity contribution >= 4 is 34.6 Å². The van der Waals surface area contributed by atoms with Crippen LogP contribution < -0.4 is 15.4 Å². The molecule has 0 radical (unpaired) electrons. The van der Waals surface area contributed by atoms with Crippen molar-refractivity contribution in [3.05, 3.63) is 64.1 Å². The zero-order valence-corrected chi connectivity index (χ0v) is 17.8. The van der Waals surface area contributed by atoms with E-state index in [0.717, 1.165) is 29.9 Å². The van der Waals surface area contributed by atoms with E-state index in [2.05, 4.69) is 20.8 Å². The lowest BCUT2D eigenvalue weighted by molar-refractivity contribution is 0.102. The van der Waals surface area contributed by atoms with E-state index in [1.807, 2.05) is 0 Å². The Labute approximate surface area is 186 Å². The number of carbonyl (C=O) groups excluding carboxylic acids is 2. The number of hydrogen-bond acceptors (Lipinski definition) is 6. The summed E-state index contributed by atoms with van der Waals surface area (Å²) in [4.78, 5) is 26.9. The molecular formula is C21H19F2N5O3S. The van der Waals surface area contributed by atoms with Gasteiger partial charge in [-0.3, -0.25) is 4.79 Å². The summed E-state index contributed by atoms with van der Waals surface area (Å²) in [5, 5.41) is 13.9. The second kappa shape index (κ2) is 9.27. The van der Waals surface area contributed by atoms with Crippen LogP contribution in [0.4, 0.5) is 25.0 Å². The average Bonchev–Trinajstić information content (AvgIpc) is 3.46. The Balaban J connectivity index is 1.43. The number of ether oxygens (including phenoxy) is 1. The highest BCUT2D eigenvalue weighted by Gasteiger charge is 2.33. The fourth-order valence-electron chi connectivity index (χ4n) is 3.36. The van der Waals surface area contributed by atoms with Gasteiger partial charge in [-0.1, -0.05) is 11.3 Å². The highest BCUT2D eigenvalue weighted by molar-refractivity contribution is 7.13. The Kier molecular flexibility index (Phi) is 6.26. The third kappa shape index (κ3) is 4.67. The summed E-state index contributed by atoms with van der Waals surface area (Å²) in [5.74, 6) is -1.97. The van der Waals surface area contributed by atoms with Gasteiger partial charge in [-0.05, 0) is 49.2 Å². The molecule has 1 aromatic heterocycles. The fourth-order valence-corrected chi connectivity index (χ4v) is 4.24. The number of likely N-dealkylation sites (tertiary alicyclic amines) is 1. The van der Waals surface area contributed by atoms with Gasteiger partial charge in [0.15, 0.2) is 11.6 Å². The predicted octanol–water partition coefficient (Wildman–Crippen LogP) is 4.45. The molecule has 1 saturated heterocycles. The maximum atomic E-state index is 13.4. The molecule has 2 heterocycles. The monoisotopic (exact) mass is 459 g/mol. The molecular weight excluding hydrogens is 440 g/mol. The topological polar surface area (TPSA) is 96.4 Å². The summed E-state index contributed by atoms with van der Waals surface area (Å²) in [6, 6.07) is 9.46. The Morgan fingerprint density at radius 2 is 1.81 bits per heavy atom. The minimum Gasteiger partial charge on any atom is -0.497 e. The predicted molar refractivity (Wildman–Crippen MR) is 115 cm³/mol. The third-order valence-corrected chi connectivity index (χ3v) is 5.98. The van der Waals surface area contributed by atoms with E-state index < -0.39 is 17.5 Å². The van der Waals surface area contributed by atoms with Crippen LogP contribution >= 0.6 is 11.3 Å². The summed E-state index contributed by atoms with van der Waals surface area (Å²) in [6.07, 6.45) is 1.48. The summed E-state index contributed by atoms with van der Waals surface area (Å²) >= 11 is 1.06. The van der Waals surface area contributed by atoms with Gasteiger partial charge in [-0.2, -0.15) is 0 Å². The van der Waals surface area contributed by atoms with Gasteiger partial charge in [0.25, 0.3) is 5.91 Å². The average molecular weight is 459 g/mol. The summed E-state index contributed by atoms with van der Waals surface area (Å²) in [5.41, 5.74) is 0.734. The fraction of sp³-hybridized carbons (Fsp3) is 0.238. The first kappa shape index (κ1) is 21.6. The molecule has 1 atom stereocenters. The normalized spacial score (nSPS) is 15.5. The van der Waals surface area contributed by atoms with E-state index in [-0.39, 0.29) is 22.8 Å². The van der Waals surface area contributed by atoms with Crippen molar-refractivity contribution in [3.8, 4) is 5.75 Å². The molecule has 3 aromatic rings. The van der Waals surface area contributed by atoms with Crippen LogP contribution in [-0.4, -0.2) is 40.7 Å². The maximum absolute atomic E-state index is 13.4. The van der Waals surface area contributed by atoms with E-state index >= 15 is 0 Å². The van der Waals surface area contributed by atoms with E-state index in [1.54, 1.807) is 36.3 Å². The quantitative estimate of drug-likeness (QED) is 0.588. The van der Waals surface area contributed by atoms with Gasteiger partial charge < -0.3 is 20.3 Å². The number of halogens is 2. The number of benzene rings is 2. The van der Waals surface area contributed by atoms with E-state index in [0.29, 0.717) is 29.4 Å². The minimum absolute atomic E-state index is 0.0622. The molecule has 2 aromatic carbocycles. The molecule has 32 heavy (non-hydrogen) atoms. The van der Waals surface area contributed by atoms with Crippen LogP contribution in [0.3, 0.4) is 0 Å². The summed E-state index contributed by atoms with van der Waals surface area (Å²) in [6.45, 7) is 0.544. The molecule has 0 spiro atoms. The summed E-state index contributed by atoms with van der Waals surface area (Å²) in [7, 11) is 1.57. The van der Waals surface area contributed by atoms with Crippen molar-refractivity contribution in [1.82, 2.24) is 15.1 Å².